The first-order valence-electron chi connectivity index (χ1n) is 3.68. The van der Waals surface area contributed by atoms with Crippen LogP contribution in [0.3, 0.4) is 0 Å². The lowest BCUT2D eigenvalue weighted by Crippen LogP contribution is -1.81. The number of aliphatic hydroxyl groups excluding tert-OH is 1. The van der Waals surface area contributed by atoms with Crippen molar-refractivity contribution in [2.75, 3.05) is 0 Å². The van der Waals surface area contributed by atoms with Gasteiger partial charge in [-0.3, -0.25) is 0 Å². The number of furan rings is 1. The van der Waals surface area contributed by atoms with E-state index in [1.165, 1.54) is 12.3 Å². The van der Waals surface area contributed by atoms with E-state index in [0.717, 1.165) is 0 Å². The monoisotopic (exact) mass is 244 g/mol. The Hall–Kier alpha value is -0.870. The van der Waals surface area contributed by atoms with Gasteiger partial charge in [0.15, 0.2) is 11.4 Å². The molecule has 0 fully saturated rings. The molecule has 1 heterocycles. The SMILES string of the molecule is OCc1coc2c(F)cc(Br)cc12. The second kappa shape index (κ2) is 3.12. The van der Waals surface area contributed by atoms with E-state index >= 15 is 0 Å². The van der Waals surface area contributed by atoms with Crippen LogP contribution in [-0.2, 0) is 6.61 Å². The van der Waals surface area contributed by atoms with Gasteiger partial charge in [-0.2, -0.15) is 0 Å². The van der Waals surface area contributed by atoms with Gasteiger partial charge in [0.25, 0.3) is 0 Å². The summed E-state index contributed by atoms with van der Waals surface area (Å²) in [4.78, 5) is 0. The summed E-state index contributed by atoms with van der Waals surface area (Å²) in [7, 11) is 0. The summed E-state index contributed by atoms with van der Waals surface area (Å²) < 4.78 is 18.8. The largest absolute Gasteiger partial charge is 0.461 e. The fraction of sp³-hybridized carbons (Fsp3) is 0.111. The molecule has 0 atom stereocenters. The quantitative estimate of drug-likeness (QED) is 0.837. The molecule has 2 aromatic rings. The molecule has 0 aliphatic heterocycles. The average Bonchev–Trinajstić information content (AvgIpc) is 2.47. The Kier molecular flexibility index (Phi) is 2.09. The fourth-order valence-electron chi connectivity index (χ4n) is 1.23. The van der Waals surface area contributed by atoms with Crippen LogP contribution in [0.15, 0.2) is 27.3 Å². The zero-order chi connectivity index (χ0) is 9.42. The van der Waals surface area contributed by atoms with E-state index in [1.54, 1.807) is 6.07 Å². The van der Waals surface area contributed by atoms with Gasteiger partial charge in [0.1, 0.15) is 0 Å². The zero-order valence-corrected chi connectivity index (χ0v) is 8.14. The smallest absolute Gasteiger partial charge is 0.169 e. The maximum atomic E-state index is 13.2. The van der Waals surface area contributed by atoms with Crippen molar-refractivity contribution in [3.8, 4) is 0 Å². The molecule has 0 unspecified atom stereocenters. The number of hydrogen-bond acceptors (Lipinski definition) is 2. The lowest BCUT2D eigenvalue weighted by molar-refractivity contribution is 0.281. The van der Waals surface area contributed by atoms with E-state index in [4.69, 9.17) is 9.52 Å². The first-order chi connectivity index (χ1) is 6.22. The molecular formula is C9H6BrFO2. The maximum Gasteiger partial charge on any atom is 0.169 e. The summed E-state index contributed by atoms with van der Waals surface area (Å²) in [5, 5.41) is 9.51. The third-order valence-electron chi connectivity index (χ3n) is 1.84. The highest BCUT2D eigenvalue weighted by atomic mass is 79.9. The predicted octanol–water partition coefficient (Wildman–Crippen LogP) is 2.83. The first kappa shape index (κ1) is 8.72. The number of rotatable bonds is 1. The highest BCUT2D eigenvalue weighted by molar-refractivity contribution is 9.10. The number of halogens is 2. The van der Waals surface area contributed by atoms with Crippen molar-refractivity contribution in [2.45, 2.75) is 6.61 Å². The van der Waals surface area contributed by atoms with Gasteiger partial charge in [0, 0.05) is 15.4 Å². The van der Waals surface area contributed by atoms with Crippen molar-refractivity contribution in [1.29, 1.82) is 0 Å². The molecule has 0 bridgehead atoms. The molecule has 0 aliphatic carbocycles. The minimum absolute atomic E-state index is 0.150. The molecule has 0 amide bonds. The molecule has 0 spiro atoms. The van der Waals surface area contributed by atoms with Gasteiger partial charge in [0.2, 0.25) is 0 Å². The molecule has 0 aliphatic rings. The summed E-state index contributed by atoms with van der Waals surface area (Å²) in [5.41, 5.74) is 0.780. The van der Waals surface area contributed by atoms with E-state index in [-0.39, 0.29) is 12.2 Å². The molecular weight excluding hydrogens is 239 g/mol. The molecule has 4 heteroatoms. The van der Waals surface area contributed by atoms with Crippen molar-refractivity contribution in [1.82, 2.24) is 0 Å². The van der Waals surface area contributed by atoms with E-state index in [9.17, 15) is 4.39 Å². The standard InChI is InChI=1S/C9H6BrFO2/c10-6-1-7-5(3-12)4-13-9(7)8(11)2-6/h1-2,4,12H,3H2. The number of benzene rings is 1. The van der Waals surface area contributed by atoms with E-state index < -0.39 is 5.82 Å². The third-order valence-corrected chi connectivity index (χ3v) is 2.30. The molecule has 2 rings (SSSR count). The Bertz CT molecular complexity index is 450. The van der Waals surface area contributed by atoms with Crippen LogP contribution in [0.4, 0.5) is 4.39 Å². The van der Waals surface area contributed by atoms with Crippen molar-refractivity contribution in [2.24, 2.45) is 0 Å². The summed E-state index contributed by atoms with van der Waals surface area (Å²) >= 11 is 3.17. The Morgan fingerprint density at radius 3 is 2.92 bits per heavy atom. The predicted molar refractivity (Wildman–Crippen MR) is 49.8 cm³/mol. The second-order valence-electron chi connectivity index (χ2n) is 2.68. The average molecular weight is 245 g/mol. The van der Waals surface area contributed by atoms with Crippen LogP contribution >= 0.6 is 15.9 Å². The van der Waals surface area contributed by atoms with Gasteiger partial charge in [-0.25, -0.2) is 4.39 Å². The van der Waals surface area contributed by atoms with Crippen LogP contribution in [0.1, 0.15) is 5.56 Å². The molecule has 1 N–H and O–H groups in total. The van der Waals surface area contributed by atoms with E-state index in [1.807, 2.05) is 0 Å². The molecule has 0 radical (unpaired) electrons. The molecule has 0 saturated heterocycles. The molecule has 2 nitrogen and oxygen atoms in total. The Morgan fingerprint density at radius 2 is 2.23 bits per heavy atom. The van der Waals surface area contributed by atoms with Crippen LogP contribution in [-0.4, -0.2) is 5.11 Å². The molecule has 1 aromatic heterocycles. The van der Waals surface area contributed by atoms with Crippen LogP contribution in [0.5, 0.6) is 0 Å². The second-order valence-corrected chi connectivity index (χ2v) is 3.60. The summed E-state index contributed by atoms with van der Waals surface area (Å²) in [6, 6.07) is 3.04. The minimum Gasteiger partial charge on any atom is -0.461 e. The van der Waals surface area contributed by atoms with Crippen molar-refractivity contribution >= 4 is 26.9 Å². The summed E-state index contributed by atoms with van der Waals surface area (Å²) in [5.74, 6) is -0.427. The maximum absolute atomic E-state index is 13.2. The van der Waals surface area contributed by atoms with Gasteiger partial charge in [-0.15, -0.1) is 0 Å². The van der Waals surface area contributed by atoms with Crippen LogP contribution < -0.4 is 0 Å². The molecule has 68 valence electrons. The first-order valence-corrected chi connectivity index (χ1v) is 4.47. The lowest BCUT2D eigenvalue weighted by Gasteiger charge is -1.94. The highest BCUT2D eigenvalue weighted by Gasteiger charge is 2.10. The van der Waals surface area contributed by atoms with Gasteiger partial charge in [-0.1, -0.05) is 15.9 Å². The summed E-state index contributed by atoms with van der Waals surface area (Å²) in [6.07, 6.45) is 1.36. The van der Waals surface area contributed by atoms with Crippen molar-refractivity contribution in [3.63, 3.8) is 0 Å². The van der Waals surface area contributed by atoms with Crippen molar-refractivity contribution in [3.05, 3.63) is 34.2 Å². The Balaban J connectivity index is 2.82. The minimum atomic E-state index is -0.427. The van der Waals surface area contributed by atoms with E-state index in [0.29, 0.717) is 15.4 Å². The Morgan fingerprint density at radius 1 is 1.46 bits per heavy atom. The Labute approximate surface area is 82.1 Å². The van der Waals surface area contributed by atoms with Gasteiger partial charge < -0.3 is 9.52 Å². The number of hydrogen-bond donors (Lipinski definition) is 1. The fourth-order valence-corrected chi connectivity index (χ4v) is 1.66. The van der Waals surface area contributed by atoms with Gasteiger partial charge in [0.05, 0.1) is 12.9 Å². The lowest BCUT2D eigenvalue weighted by atomic mass is 10.2. The number of aliphatic hydroxyl groups is 1. The van der Waals surface area contributed by atoms with E-state index in [2.05, 4.69) is 15.9 Å². The van der Waals surface area contributed by atoms with Crippen LogP contribution in [0, 0.1) is 5.82 Å². The highest BCUT2D eigenvalue weighted by Crippen LogP contribution is 2.27. The van der Waals surface area contributed by atoms with Crippen LogP contribution in [0.2, 0.25) is 0 Å². The molecule has 1 aromatic carbocycles. The zero-order valence-electron chi connectivity index (χ0n) is 6.55. The van der Waals surface area contributed by atoms with Gasteiger partial charge in [-0.05, 0) is 12.1 Å². The normalized spacial score (nSPS) is 11.0. The topological polar surface area (TPSA) is 33.4 Å². The van der Waals surface area contributed by atoms with Gasteiger partial charge >= 0.3 is 0 Å². The van der Waals surface area contributed by atoms with Crippen LogP contribution in [0.25, 0.3) is 11.0 Å². The summed E-state index contributed by atoms with van der Waals surface area (Å²) in [6.45, 7) is -0.150. The van der Waals surface area contributed by atoms with Crippen molar-refractivity contribution < 1.29 is 13.9 Å². The molecule has 13 heavy (non-hydrogen) atoms. The molecule has 0 saturated carbocycles. The number of fused-ring (bicyclic) bond motifs is 1. The third kappa shape index (κ3) is 1.36.